The average molecular weight is 476 g/mol. The summed E-state index contributed by atoms with van der Waals surface area (Å²) in [7, 11) is 1.54. The van der Waals surface area contributed by atoms with E-state index in [2.05, 4.69) is 20.7 Å². The van der Waals surface area contributed by atoms with Gasteiger partial charge >= 0.3 is 0 Å². The van der Waals surface area contributed by atoms with Crippen LogP contribution >= 0.6 is 11.6 Å². The van der Waals surface area contributed by atoms with E-state index in [0.717, 1.165) is 6.07 Å². The molecule has 0 spiro atoms. The number of nitrogens with one attached hydrogen (secondary N) is 1. The molecule has 0 bridgehead atoms. The minimum absolute atomic E-state index is 0.0294. The van der Waals surface area contributed by atoms with Crippen molar-refractivity contribution < 1.29 is 23.1 Å². The molecule has 1 radical (unpaired) electrons. The largest absolute Gasteiger partial charge is 0.367 e. The molecule has 9 nitrogen and oxygen atoms in total. The predicted molar refractivity (Wildman–Crippen MR) is 113 cm³/mol. The monoisotopic (exact) mass is 475 g/mol. The number of halogens is 3. The minimum atomic E-state index is -1.02. The maximum Gasteiger partial charge on any atom is 0.247 e. The van der Waals surface area contributed by atoms with Gasteiger partial charge < -0.3 is 15.8 Å². The van der Waals surface area contributed by atoms with Crippen LogP contribution in [0.15, 0.2) is 30.3 Å². The lowest BCUT2D eigenvalue weighted by molar-refractivity contribution is -0.144. The second-order valence-electron chi connectivity index (χ2n) is 7.34. The summed E-state index contributed by atoms with van der Waals surface area (Å²) >= 11 is 6.03. The van der Waals surface area contributed by atoms with Crippen LogP contribution in [0, 0.1) is 17.6 Å². The number of tetrazole rings is 1. The van der Waals surface area contributed by atoms with E-state index in [0.29, 0.717) is 16.7 Å². The third kappa shape index (κ3) is 4.69. The zero-order valence-electron chi connectivity index (χ0n) is 17.3. The van der Waals surface area contributed by atoms with Crippen LogP contribution in [0.4, 0.5) is 8.78 Å². The van der Waals surface area contributed by atoms with Crippen molar-refractivity contribution in [2.75, 3.05) is 13.2 Å². The number of aromatic nitrogens is 4. The number of nitrogens with zero attached hydrogens (tertiary/aromatic N) is 4. The topological polar surface area (TPSA) is 125 Å². The Hall–Kier alpha value is -3.44. The highest BCUT2D eigenvalue weighted by molar-refractivity contribution is 6.31. The first kappa shape index (κ1) is 22.7. The molecule has 33 heavy (non-hydrogen) atoms. The molecule has 1 saturated heterocycles. The zero-order chi connectivity index (χ0) is 23.7. The minimum Gasteiger partial charge on any atom is -0.367 e. The maximum atomic E-state index is 14.8. The fraction of sp³-hybridized carbons (Fsp3) is 0.238. The Kier molecular flexibility index (Phi) is 6.34. The Labute approximate surface area is 191 Å². The number of aryl methyl sites for hydroxylation is 1. The van der Waals surface area contributed by atoms with Gasteiger partial charge in [-0.1, -0.05) is 23.7 Å². The second kappa shape index (κ2) is 9.20. The first-order valence-corrected chi connectivity index (χ1v) is 10.2. The number of nitrogens with two attached hydrogens (primary N) is 1. The molecule has 3 aromatic rings. The number of ether oxygens (including phenoxy) is 1. The molecule has 2 amide bonds. The summed E-state index contributed by atoms with van der Waals surface area (Å²) in [4.78, 5) is 24.4. The van der Waals surface area contributed by atoms with Gasteiger partial charge in [0, 0.05) is 11.6 Å². The van der Waals surface area contributed by atoms with Gasteiger partial charge in [-0.3, -0.25) is 9.59 Å². The van der Waals surface area contributed by atoms with Crippen molar-refractivity contribution in [1.82, 2.24) is 25.5 Å². The maximum absolute atomic E-state index is 14.8. The van der Waals surface area contributed by atoms with Gasteiger partial charge in [0.25, 0.3) is 0 Å². The highest BCUT2D eigenvalue weighted by atomic mass is 35.5. The van der Waals surface area contributed by atoms with Crippen LogP contribution in [0.3, 0.4) is 0 Å². The van der Waals surface area contributed by atoms with Crippen LogP contribution in [-0.2, 0) is 27.8 Å². The summed E-state index contributed by atoms with van der Waals surface area (Å²) in [6.45, 7) is 0.159. The average Bonchev–Trinajstić information content (AvgIpc) is 3.13. The Morgan fingerprint density at radius 1 is 1.27 bits per heavy atom. The molecule has 1 atom stereocenters. The van der Waals surface area contributed by atoms with Crippen LogP contribution in [0.2, 0.25) is 5.02 Å². The van der Waals surface area contributed by atoms with Gasteiger partial charge in [-0.25, -0.2) is 8.78 Å². The number of hydrogen-bond donors (Lipinski definition) is 2. The lowest BCUT2D eigenvalue weighted by atomic mass is 9.96. The summed E-state index contributed by atoms with van der Waals surface area (Å²) in [5.41, 5.74) is 6.21. The molecule has 2 heterocycles. The van der Waals surface area contributed by atoms with Crippen LogP contribution < -0.4 is 11.1 Å². The molecule has 2 aromatic carbocycles. The van der Waals surface area contributed by atoms with Crippen molar-refractivity contribution in [2.24, 2.45) is 12.8 Å². The molecule has 0 saturated carbocycles. The number of primary amides is 1. The number of hydrogen-bond acceptors (Lipinski definition) is 6. The first-order valence-electron chi connectivity index (χ1n) is 9.81. The van der Waals surface area contributed by atoms with Crippen LogP contribution in [-0.4, -0.2) is 51.3 Å². The van der Waals surface area contributed by atoms with E-state index in [4.69, 9.17) is 22.1 Å². The molecule has 0 aliphatic carbocycles. The predicted octanol–water partition coefficient (Wildman–Crippen LogP) is 1.59. The fourth-order valence-corrected chi connectivity index (χ4v) is 3.65. The quantitative estimate of drug-likeness (QED) is 0.534. The Morgan fingerprint density at radius 3 is 2.67 bits per heavy atom. The van der Waals surface area contributed by atoms with Gasteiger partial charge in [0.2, 0.25) is 17.6 Å². The van der Waals surface area contributed by atoms with E-state index in [1.165, 1.54) is 23.0 Å². The first-order chi connectivity index (χ1) is 15.7. The lowest BCUT2D eigenvalue weighted by Crippen LogP contribution is -2.53. The number of carbonyl (C=O) groups is 2. The van der Waals surface area contributed by atoms with Gasteiger partial charge in [0.05, 0.1) is 19.2 Å². The van der Waals surface area contributed by atoms with E-state index in [9.17, 15) is 18.4 Å². The molecule has 4 rings (SSSR count). The SMILES string of the molecule is Cn1nnc(-c2c(F)cc(Cl)cc2-c2ccc(CCNC(=O)[C]3CO[C@H]3C(N)=O)c(F)c2)n1. The third-order valence-corrected chi connectivity index (χ3v) is 5.32. The van der Waals surface area contributed by atoms with E-state index >= 15 is 0 Å². The summed E-state index contributed by atoms with van der Waals surface area (Å²) in [6, 6.07) is 7.02. The smallest absolute Gasteiger partial charge is 0.247 e. The normalized spacial score (nSPS) is 15.8. The van der Waals surface area contributed by atoms with Gasteiger partial charge in [-0.2, -0.15) is 4.80 Å². The summed E-state index contributed by atoms with van der Waals surface area (Å²) < 4.78 is 34.5. The highest BCUT2D eigenvalue weighted by Gasteiger charge is 2.42. The summed E-state index contributed by atoms with van der Waals surface area (Å²) in [6.07, 6.45) is -0.826. The van der Waals surface area contributed by atoms with E-state index in [1.54, 1.807) is 13.1 Å². The number of benzene rings is 2. The summed E-state index contributed by atoms with van der Waals surface area (Å²) in [5.74, 6) is -2.12. The van der Waals surface area contributed by atoms with Crippen LogP contribution in [0.5, 0.6) is 0 Å². The van der Waals surface area contributed by atoms with E-state index in [1.807, 2.05) is 0 Å². The molecule has 171 valence electrons. The van der Waals surface area contributed by atoms with Crippen molar-refractivity contribution in [3.63, 3.8) is 0 Å². The molecule has 12 heteroatoms. The van der Waals surface area contributed by atoms with Gasteiger partial charge in [0.15, 0.2) is 6.10 Å². The van der Waals surface area contributed by atoms with Crippen molar-refractivity contribution in [3.8, 4) is 22.5 Å². The van der Waals surface area contributed by atoms with Crippen LogP contribution in [0.25, 0.3) is 22.5 Å². The highest BCUT2D eigenvalue weighted by Crippen LogP contribution is 2.35. The van der Waals surface area contributed by atoms with Gasteiger partial charge in [-0.05, 0) is 46.5 Å². The molecule has 1 fully saturated rings. The van der Waals surface area contributed by atoms with E-state index < -0.39 is 29.6 Å². The third-order valence-electron chi connectivity index (χ3n) is 5.10. The molecule has 1 aliphatic rings. The summed E-state index contributed by atoms with van der Waals surface area (Å²) in [5, 5.41) is 14.4. The van der Waals surface area contributed by atoms with Crippen LogP contribution in [0.1, 0.15) is 5.56 Å². The zero-order valence-corrected chi connectivity index (χ0v) is 18.1. The Bertz CT molecular complexity index is 1230. The Morgan fingerprint density at radius 2 is 2.06 bits per heavy atom. The second-order valence-corrected chi connectivity index (χ2v) is 7.78. The molecule has 1 aromatic heterocycles. The standard InChI is InChI=1S/C21H18ClF2N6O3/c1-30-28-20(27-29-30)17-13(7-12(22)8-16(17)24)11-3-2-10(15(23)6-11)4-5-26-21(32)14-9-33-18(14)19(25)31/h2-3,6-8,18H,4-5,9H2,1H3,(H2,25,31)(H,26,32)/t18-/m1/s1. The van der Waals surface area contributed by atoms with Gasteiger partial charge in [-0.15, -0.1) is 10.2 Å². The number of rotatable bonds is 7. The number of amides is 2. The Balaban J connectivity index is 1.50. The van der Waals surface area contributed by atoms with E-state index in [-0.39, 0.29) is 41.9 Å². The lowest BCUT2D eigenvalue weighted by Gasteiger charge is -2.32. The number of carbonyl (C=O) groups excluding carboxylic acids is 2. The molecular formula is C21H18ClF2N6O3. The van der Waals surface area contributed by atoms with Crippen molar-refractivity contribution in [1.29, 1.82) is 0 Å². The van der Waals surface area contributed by atoms with Crippen molar-refractivity contribution >= 4 is 23.4 Å². The molecular weight excluding hydrogens is 458 g/mol. The molecule has 1 aliphatic heterocycles. The molecule has 0 unspecified atom stereocenters. The molecule has 3 N–H and O–H groups in total. The van der Waals surface area contributed by atoms with Crippen molar-refractivity contribution in [2.45, 2.75) is 12.5 Å². The van der Waals surface area contributed by atoms with Crippen molar-refractivity contribution in [3.05, 3.63) is 58.5 Å². The van der Waals surface area contributed by atoms with Gasteiger partial charge in [0.1, 0.15) is 17.6 Å². The fourth-order valence-electron chi connectivity index (χ4n) is 3.44.